The standard InChI is InChI=1S/C25H28BrN3O4/c1-4-33-23(30)14-21(17-8-7-9-18(26)13-17)28-24(31)22(12-16(2)3)29-15-27-20-11-6-5-10-19(20)25(29)32/h5-11,13,15-16,21-22H,4,12,14H2,1-3H3,(H,28,31). The summed E-state index contributed by atoms with van der Waals surface area (Å²) in [5, 5.41) is 3.44. The van der Waals surface area contributed by atoms with E-state index in [4.69, 9.17) is 4.74 Å². The summed E-state index contributed by atoms with van der Waals surface area (Å²) >= 11 is 3.44. The number of ether oxygens (including phenoxy) is 1. The minimum atomic E-state index is -0.772. The topological polar surface area (TPSA) is 90.3 Å². The summed E-state index contributed by atoms with van der Waals surface area (Å²) in [4.78, 5) is 43.3. The molecule has 3 rings (SSSR count). The minimum absolute atomic E-state index is 0.0186. The van der Waals surface area contributed by atoms with Gasteiger partial charge < -0.3 is 10.1 Å². The van der Waals surface area contributed by atoms with E-state index in [1.54, 1.807) is 25.1 Å². The number of nitrogens with one attached hydrogen (secondary N) is 1. The number of rotatable bonds is 9. The first-order chi connectivity index (χ1) is 15.8. The molecule has 33 heavy (non-hydrogen) atoms. The van der Waals surface area contributed by atoms with Crippen molar-refractivity contribution in [1.82, 2.24) is 14.9 Å². The number of carbonyl (C=O) groups is 2. The number of hydrogen-bond donors (Lipinski definition) is 1. The van der Waals surface area contributed by atoms with Crippen LogP contribution < -0.4 is 10.9 Å². The highest BCUT2D eigenvalue weighted by molar-refractivity contribution is 9.10. The van der Waals surface area contributed by atoms with Gasteiger partial charge in [-0.3, -0.25) is 19.0 Å². The lowest BCUT2D eigenvalue weighted by atomic mass is 10.00. The minimum Gasteiger partial charge on any atom is -0.466 e. The molecular weight excluding hydrogens is 486 g/mol. The predicted molar refractivity (Wildman–Crippen MR) is 131 cm³/mol. The van der Waals surface area contributed by atoms with Crippen molar-refractivity contribution in [3.63, 3.8) is 0 Å². The molecule has 3 aromatic rings. The molecule has 1 heterocycles. The van der Waals surface area contributed by atoms with Crippen LogP contribution in [0.2, 0.25) is 0 Å². The van der Waals surface area contributed by atoms with Crippen LogP contribution in [0.25, 0.3) is 10.9 Å². The maximum atomic E-state index is 13.5. The van der Waals surface area contributed by atoms with E-state index in [2.05, 4.69) is 26.2 Å². The van der Waals surface area contributed by atoms with E-state index in [9.17, 15) is 14.4 Å². The van der Waals surface area contributed by atoms with Crippen molar-refractivity contribution in [3.05, 3.63) is 75.2 Å². The number of amides is 1. The fraction of sp³-hybridized carbons (Fsp3) is 0.360. The van der Waals surface area contributed by atoms with Gasteiger partial charge in [-0.1, -0.05) is 54.0 Å². The maximum absolute atomic E-state index is 13.5. The zero-order valence-corrected chi connectivity index (χ0v) is 20.5. The van der Waals surface area contributed by atoms with E-state index in [1.165, 1.54) is 10.9 Å². The molecule has 0 saturated heterocycles. The number of benzene rings is 2. The second-order valence-corrected chi connectivity index (χ2v) is 9.16. The third-order valence-corrected chi connectivity index (χ3v) is 5.76. The molecule has 7 nitrogen and oxygen atoms in total. The molecule has 0 aliphatic rings. The number of fused-ring (bicyclic) bond motifs is 1. The van der Waals surface area contributed by atoms with E-state index in [0.717, 1.165) is 10.0 Å². The van der Waals surface area contributed by atoms with Gasteiger partial charge in [0.15, 0.2) is 0 Å². The molecule has 0 saturated carbocycles. The van der Waals surface area contributed by atoms with Crippen LogP contribution in [0.5, 0.6) is 0 Å². The Kier molecular flexibility index (Phi) is 8.38. The molecule has 1 aromatic heterocycles. The number of para-hydroxylation sites is 1. The Bertz CT molecular complexity index is 1190. The highest BCUT2D eigenvalue weighted by Gasteiger charge is 2.27. The van der Waals surface area contributed by atoms with Gasteiger partial charge >= 0.3 is 5.97 Å². The van der Waals surface area contributed by atoms with Crippen LogP contribution in [0, 0.1) is 5.92 Å². The summed E-state index contributed by atoms with van der Waals surface area (Å²) in [5.41, 5.74) is 1.07. The van der Waals surface area contributed by atoms with Crippen molar-refractivity contribution < 1.29 is 14.3 Å². The lowest BCUT2D eigenvalue weighted by Crippen LogP contribution is -2.40. The van der Waals surface area contributed by atoms with E-state index in [-0.39, 0.29) is 30.4 Å². The Balaban J connectivity index is 1.96. The number of esters is 1. The Hall–Kier alpha value is -3.00. The molecule has 0 radical (unpaired) electrons. The van der Waals surface area contributed by atoms with Crippen LogP contribution in [0.4, 0.5) is 0 Å². The second-order valence-electron chi connectivity index (χ2n) is 8.24. The monoisotopic (exact) mass is 513 g/mol. The number of aromatic nitrogens is 2. The molecule has 1 N–H and O–H groups in total. The van der Waals surface area contributed by atoms with Crippen LogP contribution in [0.3, 0.4) is 0 Å². The molecule has 2 unspecified atom stereocenters. The maximum Gasteiger partial charge on any atom is 0.308 e. The van der Waals surface area contributed by atoms with Crippen LogP contribution in [-0.2, 0) is 14.3 Å². The van der Waals surface area contributed by atoms with Gasteiger partial charge in [-0.05, 0) is 49.1 Å². The van der Waals surface area contributed by atoms with Crippen molar-refractivity contribution in [2.75, 3.05) is 6.61 Å². The number of halogens is 1. The molecule has 2 atom stereocenters. The number of carbonyl (C=O) groups excluding carboxylic acids is 2. The Morgan fingerprint density at radius 1 is 1.15 bits per heavy atom. The molecule has 1 amide bonds. The Labute approximate surface area is 201 Å². The first-order valence-corrected chi connectivity index (χ1v) is 11.8. The van der Waals surface area contributed by atoms with Gasteiger partial charge in [0.05, 0.1) is 36.3 Å². The van der Waals surface area contributed by atoms with Crippen molar-refractivity contribution >= 4 is 38.7 Å². The largest absolute Gasteiger partial charge is 0.466 e. The molecule has 174 valence electrons. The molecule has 8 heteroatoms. The van der Waals surface area contributed by atoms with Gasteiger partial charge in [0.1, 0.15) is 6.04 Å². The van der Waals surface area contributed by atoms with E-state index in [1.807, 2.05) is 44.2 Å². The van der Waals surface area contributed by atoms with Crippen molar-refractivity contribution in [1.29, 1.82) is 0 Å². The zero-order chi connectivity index (χ0) is 24.0. The highest BCUT2D eigenvalue weighted by atomic mass is 79.9. The molecule has 0 aliphatic carbocycles. The Morgan fingerprint density at radius 2 is 1.91 bits per heavy atom. The molecule has 0 bridgehead atoms. The van der Waals surface area contributed by atoms with Crippen LogP contribution >= 0.6 is 15.9 Å². The summed E-state index contributed by atoms with van der Waals surface area (Å²) in [6.45, 7) is 5.98. The van der Waals surface area contributed by atoms with E-state index < -0.39 is 18.1 Å². The van der Waals surface area contributed by atoms with Crippen molar-refractivity contribution in [2.45, 2.75) is 45.7 Å². The summed E-state index contributed by atoms with van der Waals surface area (Å²) in [6.07, 6.45) is 1.85. The summed E-state index contributed by atoms with van der Waals surface area (Å²) in [7, 11) is 0. The molecule has 0 spiro atoms. The normalized spacial score (nSPS) is 13.0. The van der Waals surface area contributed by atoms with Gasteiger partial charge in [-0.15, -0.1) is 0 Å². The van der Waals surface area contributed by atoms with Crippen molar-refractivity contribution in [2.24, 2.45) is 5.92 Å². The summed E-state index contributed by atoms with van der Waals surface area (Å²) in [5.74, 6) is -0.613. The van der Waals surface area contributed by atoms with Gasteiger partial charge in [0.25, 0.3) is 5.56 Å². The Morgan fingerprint density at radius 3 is 2.61 bits per heavy atom. The zero-order valence-electron chi connectivity index (χ0n) is 19.0. The summed E-state index contributed by atoms with van der Waals surface area (Å²) in [6, 6.07) is 13.1. The van der Waals surface area contributed by atoms with E-state index in [0.29, 0.717) is 17.3 Å². The average molecular weight is 514 g/mol. The summed E-state index contributed by atoms with van der Waals surface area (Å²) < 4.78 is 7.33. The molecule has 2 aromatic carbocycles. The van der Waals surface area contributed by atoms with Gasteiger partial charge in [-0.25, -0.2) is 4.98 Å². The lowest BCUT2D eigenvalue weighted by Gasteiger charge is -2.25. The quantitative estimate of drug-likeness (QED) is 0.423. The van der Waals surface area contributed by atoms with Gasteiger partial charge in [-0.2, -0.15) is 0 Å². The molecular formula is C25H28BrN3O4. The molecule has 0 fully saturated rings. The van der Waals surface area contributed by atoms with Gasteiger partial charge in [0.2, 0.25) is 5.91 Å². The highest BCUT2D eigenvalue weighted by Crippen LogP contribution is 2.24. The third kappa shape index (κ3) is 6.28. The number of nitrogens with zero attached hydrogens (tertiary/aromatic N) is 2. The fourth-order valence-corrected chi connectivity index (χ4v) is 4.15. The lowest BCUT2D eigenvalue weighted by molar-refractivity contribution is -0.143. The van der Waals surface area contributed by atoms with E-state index >= 15 is 0 Å². The average Bonchev–Trinajstić information content (AvgIpc) is 2.78. The van der Waals surface area contributed by atoms with Crippen LogP contribution in [0.1, 0.15) is 51.3 Å². The fourth-order valence-electron chi connectivity index (χ4n) is 3.73. The first-order valence-electron chi connectivity index (χ1n) is 11.0. The van der Waals surface area contributed by atoms with Crippen molar-refractivity contribution in [3.8, 4) is 0 Å². The van der Waals surface area contributed by atoms with Gasteiger partial charge in [0, 0.05) is 4.47 Å². The number of hydrogen-bond acceptors (Lipinski definition) is 5. The predicted octanol–water partition coefficient (Wildman–Crippen LogP) is 4.56. The van der Waals surface area contributed by atoms with Crippen LogP contribution in [-0.4, -0.2) is 28.0 Å². The first kappa shape index (κ1) is 24.6. The second kappa shape index (κ2) is 11.2. The molecule has 0 aliphatic heterocycles. The SMILES string of the molecule is CCOC(=O)CC(NC(=O)C(CC(C)C)n1cnc2ccccc2c1=O)c1cccc(Br)c1. The smallest absolute Gasteiger partial charge is 0.308 e. The van der Waals surface area contributed by atoms with Crippen LogP contribution in [0.15, 0.2) is 64.1 Å². The third-order valence-electron chi connectivity index (χ3n) is 5.27.